The number of ether oxygens (including phenoxy) is 1. The number of rotatable bonds is 8. The molecule has 0 radical (unpaired) electrons. The lowest BCUT2D eigenvalue weighted by atomic mass is 9.92. The third-order valence-electron chi connectivity index (χ3n) is 3.55. The molecule has 3 nitrogen and oxygen atoms in total. The first-order valence-electron chi connectivity index (χ1n) is 7.74. The van der Waals surface area contributed by atoms with Crippen LogP contribution >= 0.6 is 0 Å². The van der Waals surface area contributed by atoms with Gasteiger partial charge in [-0.25, -0.2) is 0 Å². The number of hydrogen-bond acceptors (Lipinski definition) is 3. The van der Waals surface area contributed by atoms with Gasteiger partial charge < -0.3 is 10.1 Å². The summed E-state index contributed by atoms with van der Waals surface area (Å²) in [5.41, 5.74) is 3.30. The Balaban J connectivity index is 2.65. The number of aryl methyl sites for hydroxylation is 2. The predicted molar refractivity (Wildman–Crippen MR) is 87.4 cm³/mol. The van der Waals surface area contributed by atoms with Gasteiger partial charge in [-0.05, 0) is 63.8 Å². The molecule has 21 heavy (non-hydrogen) atoms. The van der Waals surface area contributed by atoms with Crippen LogP contribution in [0.4, 0.5) is 0 Å². The Morgan fingerprint density at radius 3 is 2.38 bits per heavy atom. The van der Waals surface area contributed by atoms with Gasteiger partial charge in [-0.1, -0.05) is 19.1 Å². The molecule has 116 valence electrons. The van der Waals surface area contributed by atoms with E-state index >= 15 is 0 Å². The molecule has 1 aromatic carbocycles. The largest absolute Gasteiger partial charge is 0.493 e. The number of benzene rings is 1. The molecular formula is C18H28N2O. The van der Waals surface area contributed by atoms with Crippen LogP contribution in [-0.2, 0) is 6.54 Å². The molecular weight excluding hydrogens is 260 g/mol. The van der Waals surface area contributed by atoms with E-state index in [9.17, 15) is 0 Å². The smallest absolute Gasteiger partial charge is 0.125 e. The highest BCUT2D eigenvalue weighted by atomic mass is 16.5. The van der Waals surface area contributed by atoms with E-state index in [1.165, 1.54) is 5.56 Å². The first-order chi connectivity index (χ1) is 9.89. The Morgan fingerprint density at radius 2 is 1.86 bits per heavy atom. The van der Waals surface area contributed by atoms with Gasteiger partial charge in [0.2, 0.25) is 0 Å². The second-order valence-electron chi connectivity index (χ2n) is 6.33. The second-order valence-corrected chi connectivity index (χ2v) is 6.33. The van der Waals surface area contributed by atoms with Gasteiger partial charge in [0.05, 0.1) is 18.1 Å². The molecule has 0 saturated carbocycles. The van der Waals surface area contributed by atoms with E-state index in [1.807, 2.05) is 13.8 Å². The molecule has 0 heterocycles. The first kappa shape index (κ1) is 17.5. The van der Waals surface area contributed by atoms with Crippen LogP contribution in [0.3, 0.4) is 0 Å². The quantitative estimate of drug-likeness (QED) is 0.732. The molecule has 0 fully saturated rings. The average molecular weight is 288 g/mol. The molecule has 1 aromatic rings. The summed E-state index contributed by atoms with van der Waals surface area (Å²) in [5.74, 6) is 0.961. The minimum Gasteiger partial charge on any atom is -0.493 e. The molecule has 0 unspecified atom stereocenters. The monoisotopic (exact) mass is 288 g/mol. The third kappa shape index (κ3) is 5.77. The molecule has 0 spiro atoms. The van der Waals surface area contributed by atoms with Gasteiger partial charge in [0.15, 0.2) is 0 Å². The third-order valence-corrected chi connectivity index (χ3v) is 3.55. The van der Waals surface area contributed by atoms with Crippen molar-refractivity contribution in [2.24, 2.45) is 5.41 Å². The maximum absolute atomic E-state index is 9.03. The van der Waals surface area contributed by atoms with E-state index in [0.29, 0.717) is 6.61 Å². The van der Waals surface area contributed by atoms with Gasteiger partial charge in [0.1, 0.15) is 5.75 Å². The van der Waals surface area contributed by atoms with Crippen LogP contribution in [0.15, 0.2) is 12.1 Å². The number of nitriles is 1. The molecule has 0 saturated heterocycles. The summed E-state index contributed by atoms with van der Waals surface area (Å²) >= 11 is 0. The molecule has 3 heteroatoms. The van der Waals surface area contributed by atoms with Gasteiger partial charge >= 0.3 is 0 Å². The summed E-state index contributed by atoms with van der Waals surface area (Å²) in [7, 11) is 0. The minimum absolute atomic E-state index is 0.328. The van der Waals surface area contributed by atoms with Crippen molar-refractivity contribution < 1.29 is 4.74 Å². The van der Waals surface area contributed by atoms with Crippen LogP contribution in [0.1, 0.15) is 50.3 Å². The standard InChI is InChI=1S/C18H28N2O/c1-6-8-20-12-16-10-14(2)17(15(3)11-16)21-9-7-18(4,5)13-19/h10-11,20H,6-9,12H2,1-5H3. The van der Waals surface area contributed by atoms with Gasteiger partial charge in [0.25, 0.3) is 0 Å². The van der Waals surface area contributed by atoms with Crippen LogP contribution < -0.4 is 10.1 Å². The Hall–Kier alpha value is -1.53. The minimum atomic E-state index is -0.328. The van der Waals surface area contributed by atoms with Gasteiger partial charge in [0, 0.05) is 6.54 Å². The summed E-state index contributed by atoms with van der Waals surface area (Å²) in [6.45, 7) is 12.7. The van der Waals surface area contributed by atoms with Crippen molar-refractivity contribution in [1.82, 2.24) is 5.32 Å². The molecule has 0 amide bonds. The van der Waals surface area contributed by atoms with Crippen LogP contribution in [0.2, 0.25) is 0 Å². The van der Waals surface area contributed by atoms with Crippen molar-refractivity contribution in [3.8, 4) is 11.8 Å². The predicted octanol–water partition coefficient (Wildman–Crippen LogP) is 4.12. The normalized spacial score (nSPS) is 11.2. The molecule has 1 rings (SSSR count). The number of nitrogens with zero attached hydrogens (tertiary/aromatic N) is 1. The molecule has 0 aliphatic heterocycles. The maximum Gasteiger partial charge on any atom is 0.125 e. The molecule has 0 aromatic heterocycles. The number of hydrogen-bond donors (Lipinski definition) is 1. The second kappa shape index (κ2) is 8.05. The van der Waals surface area contributed by atoms with Crippen LogP contribution in [0.5, 0.6) is 5.75 Å². The highest BCUT2D eigenvalue weighted by Crippen LogP contribution is 2.26. The lowest BCUT2D eigenvalue weighted by Crippen LogP contribution is -2.15. The SMILES string of the molecule is CCCNCc1cc(C)c(OCCC(C)(C)C#N)c(C)c1. The topological polar surface area (TPSA) is 45.0 Å². The maximum atomic E-state index is 9.03. The van der Waals surface area contributed by atoms with Crippen LogP contribution in [0, 0.1) is 30.6 Å². The molecule has 0 atom stereocenters. The van der Waals surface area contributed by atoms with Crippen molar-refractivity contribution in [2.45, 2.75) is 54.0 Å². The Morgan fingerprint density at radius 1 is 1.24 bits per heavy atom. The zero-order valence-electron chi connectivity index (χ0n) is 14.0. The van der Waals surface area contributed by atoms with Crippen molar-refractivity contribution >= 4 is 0 Å². The van der Waals surface area contributed by atoms with Gasteiger partial charge in [-0.2, -0.15) is 5.26 Å². The molecule has 0 aliphatic rings. The summed E-state index contributed by atoms with van der Waals surface area (Å²) in [6, 6.07) is 6.67. The van der Waals surface area contributed by atoms with Crippen molar-refractivity contribution in [1.29, 1.82) is 5.26 Å². The highest BCUT2D eigenvalue weighted by molar-refractivity contribution is 5.43. The zero-order valence-corrected chi connectivity index (χ0v) is 14.0. The average Bonchev–Trinajstić information content (AvgIpc) is 2.42. The van der Waals surface area contributed by atoms with E-state index in [0.717, 1.165) is 42.8 Å². The lowest BCUT2D eigenvalue weighted by Gasteiger charge is -2.18. The summed E-state index contributed by atoms with van der Waals surface area (Å²) in [6.07, 6.45) is 1.88. The number of nitrogens with one attached hydrogen (secondary N) is 1. The zero-order chi connectivity index (χ0) is 15.9. The van der Waals surface area contributed by atoms with E-state index in [-0.39, 0.29) is 5.41 Å². The van der Waals surface area contributed by atoms with Crippen molar-refractivity contribution in [2.75, 3.05) is 13.2 Å². The fourth-order valence-corrected chi connectivity index (χ4v) is 2.24. The van der Waals surface area contributed by atoms with Crippen molar-refractivity contribution in [3.63, 3.8) is 0 Å². The van der Waals surface area contributed by atoms with E-state index in [2.05, 4.69) is 44.3 Å². The van der Waals surface area contributed by atoms with Gasteiger partial charge in [-0.15, -0.1) is 0 Å². The van der Waals surface area contributed by atoms with E-state index < -0.39 is 0 Å². The van der Waals surface area contributed by atoms with Crippen molar-refractivity contribution in [3.05, 3.63) is 28.8 Å². The molecule has 0 aliphatic carbocycles. The molecule has 1 N–H and O–H groups in total. The highest BCUT2D eigenvalue weighted by Gasteiger charge is 2.17. The molecule has 0 bridgehead atoms. The fourth-order valence-electron chi connectivity index (χ4n) is 2.24. The summed E-state index contributed by atoms with van der Waals surface area (Å²) in [5, 5.41) is 12.4. The Kier molecular flexibility index (Phi) is 6.71. The summed E-state index contributed by atoms with van der Waals surface area (Å²) in [4.78, 5) is 0. The Labute approximate surface area is 129 Å². The lowest BCUT2D eigenvalue weighted by molar-refractivity contribution is 0.261. The first-order valence-corrected chi connectivity index (χ1v) is 7.74. The van der Waals surface area contributed by atoms with Crippen LogP contribution in [-0.4, -0.2) is 13.2 Å². The summed E-state index contributed by atoms with van der Waals surface area (Å²) < 4.78 is 5.91. The van der Waals surface area contributed by atoms with Crippen LogP contribution in [0.25, 0.3) is 0 Å². The van der Waals surface area contributed by atoms with E-state index in [1.54, 1.807) is 0 Å². The van der Waals surface area contributed by atoms with E-state index in [4.69, 9.17) is 10.00 Å². The Bertz CT molecular complexity index is 477. The van der Waals surface area contributed by atoms with Gasteiger partial charge in [-0.3, -0.25) is 0 Å². The fraction of sp³-hybridized carbons (Fsp3) is 0.611.